The van der Waals surface area contributed by atoms with Gasteiger partial charge in [0.1, 0.15) is 5.75 Å². The van der Waals surface area contributed by atoms with E-state index >= 15 is 0 Å². The number of anilines is 1. The predicted octanol–water partition coefficient (Wildman–Crippen LogP) is 4.87. The van der Waals surface area contributed by atoms with Crippen LogP contribution in [0.5, 0.6) is 5.75 Å². The average Bonchev–Trinajstić information content (AvgIpc) is 3.00. The van der Waals surface area contributed by atoms with Crippen LogP contribution in [0.2, 0.25) is 10.0 Å². The van der Waals surface area contributed by atoms with E-state index in [9.17, 15) is 13.2 Å². The van der Waals surface area contributed by atoms with E-state index in [4.69, 9.17) is 27.9 Å². The Bertz CT molecular complexity index is 1140. The molecule has 2 aromatic carbocycles. The zero-order chi connectivity index (χ0) is 24.0. The largest absolute Gasteiger partial charge is 0.476 e. The molecule has 2 fully saturated rings. The van der Waals surface area contributed by atoms with Crippen LogP contribution in [-0.4, -0.2) is 44.3 Å². The van der Waals surface area contributed by atoms with Crippen molar-refractivity contribution < 1.29 is 17.9 Å². The Morgan fingerprint density at radius 2 is 1.67 bits per heavy atom. The molecule has 33 heavy (non-hydrogen) atoms. The second-order valence-corrected chi connectivity index (χ2v) is 12.2. The summed E-state index contributed by atoms with van der Waals surface area (Å²) in [7, 11) is -3.22. The highest BCUT2D eigenvalue weighted by atomic mass is 35.5. The molecule has 0 aliphatic carbocycles. The molecule has 2 aliphatic heterocycles. The van der Waals surface area contributed by atoms with Gasteiger partial charge in [-0.1, -0.05) is 23.2 Å². The van der Waals surface area contributed by atoms with Crippen LogP contribution >= 0.6 is 23.2 Å². The standard InChI is InChI=1S/C24H28Cl2N2O4S/c1-24(2,32-22-11-4-15(25)12-21(22)26)23(29)27-16-13-18-5-6-19(14-16)28(18)17-7-9-20(10-8-17)33(3,30)31/h4,7-12,16,18-19H,5-6,13-14H2,1-3H3,(H,27,29)/t16-,18+,19-. The number of benzene rings is 2. The molecule has 6 nitrogen and oxygen atoms in total. The number of rotatable bonds is 6. The van der Waals surface area contributed by atoms with Crippen LogP contribution in [0.25, 0.3) is 0 Å². The third-order valence-electron chi connectivity index (χ3n) is 6.44. The lowest BCUT2D eigenvalue weighted by molar-refractivity contribution is -0.135. The number of nitrogens with zero attached hydrogens (tertiary/aromatic N) is 1. The highest BCUT2D eigenvalue weighted by molar-refractivity contribution is 7.90. The summed E-state index contributed by atoms with van der Waals surface area (Å²) >= 11 is 12.2. The normalized spacial score (nSPS) is 22.8. The summed E-state index contributed by atoms with van der Waals surface area (Å²) in [6.45, 7) is 3.45. The maximum absolute atomic E-state index is 13.1. The minimum absolute atomic E-state index is 0.0464. The van der Waals surface area contributed by atoms with E-state index in [1.54, 1.807) is 44.2 Å². The molecule has 178 valence electrons. The zero-order valence-electron chi connectivity index (χ0n) is 18.8. The number of carbonyl (C=O) groups excluding carboxylic acids is 1. The molecule has 0 radical (unpaired) electrons. The lowest BCUT2D eigenvalue weighted by Gasteiger charge is -2.41. The number of hydrogen-bond donors (Lipinski definition) is 1. The van der Waals surface area contributed by atoms with Gasteiger partial charge in [0.25, 0.3) is 5.91 Å². The summed E-state index contributed by atoms with van der Waals surface area (Å²) in [6.07, 6.45) is 4.96. The number of carbonyl (C=O) groups is 1. The molecule has 3 atom stereocenters. The Morgan fingerprint density at radius 3 is 2.21 bits per heavy atom. The summed E-state index contributed by atoms with van der Waals surface area (Å²) in [5.74, 6) is 0.220. The summed E-state index contributed by atoms with van der Waals surface area (Å²) in [6, 6.07) is 12.7. The highest BCUT2D eigenvalue weighted by Crippen LogP contribution is 2.40. The van der Waals surface area contributed by atoms with Crippen molar-refractivity contribution in [1.29, 1.82) is 0 Å². The Morgan fingerprint density at radius 1 is 1.06 bits per heavy atom. The van der Waals surface area contributed by atoms with Crippen LogP contribution in [-0.2, 0) is 14.6 Å². The maximum atomic E-state index is 13.1. The summed E-state index contributed by atoms with van der Waals surface area (Å²) in [5, 5.41) is 4.03. The number of sulfone groups is 1. The molecule has 2 saturated heterocycles. The van der Waals surface area contributed by atoms with Crippen molar-refractivity contribution in [3.63, 3.8) is 0 Å². The molecule has 9 heteroatoms. The van der Waals surface area contributed by atoms with E-state index in [2.05, 4.69) is 10.2 Å². The first-order valence-electron chi connectivity index (χ1n) is 11.0. The summed E-state index contributed by atoms with van der Waals surface area (Å²) in [5.41, 5.74) is -0.0736. The van der Waals surface area contributed by atoms with Gasteiger partial charge >= 0.3 is 0 Å². The van der Waals surface area contributed by atoms with Gasteiger partial charge in [0.2, 0.25) is 0 Å². The van der Waals surface area contributed by atoms with Gasteiger partial charge in [0.15, 0.2) is 15.4 Å². The van der Waals surface area contributed by atoms with Crippen molar-refractivity contribution in [1.82, 2.24) is 5.32 Å². The quantitative estimate of drug-likeness (QED) is 0.599. The van der Waals surface area contributed by atoms with Gasteiger partial charge in [-0.2, -0.15) is 0 Å². The van der Waals surface area contributed by atoms with Gasteiger partial charge in [0, 0.05) is 35.1 Å². The lowest BCUT2D eigenvalue weighted by Crippen LogP contribution is -2.55. The van der Waals surface area contributed by atoms with E-state index in [0.717, 1.165) is 31.4 Å². The van der Waals surface area contributed by atoms with Crippen LogP contribution in [0.3, 0.4) is 0 Å². The molecule has 2 bridgehead atoms. The van der Waals surface area contributed by atoms with E-state index < -0.39 is 15.4 Å². The third kappa shape index (κ3) is 5.26. The number of hydrogen-bond acceptors (Lipinski definition) is 5. The molecule has 0 spiro atoms. The van der Waals surface area contributed by atoms with Crippen molar-refractivity contribution in [3.05, 3.63) is 52.5 Å². The summed E-state index contributed by atoms with van der Waals surface area (Å²) < 4.78 is 29.4. The van der Waals surface area contributed by atoms with Crippen molar-refractivity contribution in [3.8, 4) is 5.75 Å². The number of piperidine rings is 1. The van der Waals surface area contributed by atoms with Crippen LogP contribution in [0.4, 0.5) is 5.69 Å². The molecule has 1 N–H and O–H groups in total. The van der Waals surface area contributed by atoms with Crippen LogP contribution in [0.15, 0.2) is 47.4 Å². The van der Waals surface area contributed by atoms with Crippen molar-refractivity contribution in [2.45, 2.75) is 68.2 Å². The molecule has 0 unspecified atom stereocenters. The van der Waals surface area contributed by atoms with Gasteiger partial charge in [-0.15, -0.1) is 0 Å². The molecule has 0 saturated carbocycles. The number of ether oxygens (including phenoxy) is 1. The van der Waals surface area contributed by atoms with Crippen LogP contribution < -0.4 is 15.0 Å². The highest BCUT2D eigenvalue weighted by Gasteiger charge is 2.42. The van der Waals surface area contributed by atoms with E-state index in [0.29, 0.717) is 32.8 Å². The average molecular weight is 511 g/mol. The molecule has 2 aliphatic rings. The first-order valence-corrected chi connectivity index (χ1v) is 13.6. The Labute approximate surface area is 205 Å². The fourth-order valence-corrected chi connectivity index (χ4v) is 5.90. The monoisotopic (exact) mass is 510 g/mol. The van der Waals surface area contributed by atoms with Gasteiger partial charge in [-0.3, -0.25) is 4.79 Å². The molecule has 1 amide bonds. The van der Waals surface area contributed by atoms with Crippen LogP contribution in [0, 0.1) is 0 Å². The molecule has 0 aromatic heterocycles. The zero-order valence-corrected chi connectivity index (χ0v) is 21.2. The third-order valence-corrected chi connectivity index (χ3v) is 8.10. The lowest BCUT2D eigenvalue weighted by atomic mass is 9.95. The Hall–Kier alpha value is -1.96. The van der Waals surface area contributed by atoms with Crippen molar-refractivity contribution >= 4 is 44.6 Å². The molecule has 2 heterocycles. The molecular weight excluding hydrogens is 483 g/mol. The number of amides is 1. The minimum Gasteiger partial charge on any atom is -0.476 e. The molecular formula is C24H28Cl2N2O4S. The first-order chi connectivity index (χ1) is 15.4. The second-order valence-electron chi connectivity index (χ2n) is 9.39. The van der Waals surface area contributed by atoms with E-state index in [-0.39, 0.29) is 11.9 Å². The minimum atomic E-state index is -3.22. The second kappa shape index (κ2) is 9.01. The maximum Gasteiger partial charge on any atom is 0.263 e. The number of halogens is 2. The SMILES string of the molecule is CC(C)(Oc1ccc(Cl)cc1Cl)C(=O)N[C@H]1C[C@H]2CC[C@@H](C1)N2c1ccc(S(C)(=O)=O)cc1. The fourth-order valence-electron chi connectivity index (χ4n) is 4.82. The van der Waals surface area contributed by atoms with E-state index in [1.807, 2.05) is 12.1 Å². The van der Waals surface area contributed by atoms with Crippen LogP contribution in [0.1, 0.15) is 39.5 Å². The van der Waals surface area contributed by atoms with Gasteiger partial charge in [0.05, 0.1) is 9.92 Å². The van der Waals surface area contributed by atoms with Crippen molar-refractivity contribution in [2.75, 3.05) is 11.2 Å². The molecule has 2 aromatic rings. The fraction of sp³-hybridized carbons (Fsp3) is 0.458. The number of fused-ring (bicyclic) bond motifs is 2. The van der Waals surface area contributed by atoms with Crippen molar-refractivity contribution in [2.24, 2.45) is 0 Å². The smallest absolute Gasteiger partial charge is 0.263 e. The topological polar surface area (TPSA) is 75.7 Å². The first kappa shape index (κ1) is 24.2. The van der Waals surface area contributed by atoms with Gasteiger partial charge in [-0.25, -0.2) is 8.42 Å². The Kier molecular flexibility index (Phi) is 6.60. The number of nitrogens with one attached hydrogen (secondary N) is 1. The summed E-state index contributed by atoms with van der Waals surface area (Å²) in [4.78, 5) is 15.8. The van der Waals surface area contributed by atoms with E-state index in [1.165, 1.54) is 6.26 Å². The molecule has 4 rings (SSSR count). The van der Waals surface area contributed by atoms with Gasteiger partial charge in [-0.05, 0) is 82.0 Å². The van der Waals surface area contributed by atoms with Gasteiger partial charge < -0.3 is 15.0 Å². The predicted molar refractivity (Wildman–Crippen MR) is 131 cm³/mol. The Balaban J connectivity index is 1.41.